The Hall–Kier alpha value is -0.290. The summed E-state index contributed by atoms with van der Waals surface area (Å²) >= 11 is 3.61. The van der Waals surface area contributed by atoms with E-state index in [1.165, 1.54) is 16.9 Å². The lowest BCUT2D eigenvalue weighted by molar-refractivity contribution is 0.488. The molecule has 1 aromatic heterocycles. The van der Waals surface area contributed by atoms with Gasteiger partial charge in [-0.25, -0.2) is 0 Å². The number of thiophene rings is 1. The van der Waals surface area contributed by atoms with E-state index in [1.54, 1.807) is 0 Å². The first kappa shape index (κ1) is 8.31. The second kappa shape index (κ2) is 2.88. The van der Waals surface area contributed by atoms with Gasteiger partial charge >= 0.3 is 0 Å². The van der Waals surface area contributed by atoms with E-state index in [0.29, 0.717) is 5.06 Å². The summed E-state index contributed by atoms with van der Waals surface area (Å²) in [5.74, 6) is 0. The van der Waals surface area contributed by atoms with Gasteiger partial charge in [0.15, 0.2) is 5.06 Å². The minimum Gasteiger partial charge on any atom is -0.499 e. The van der Waals surface area contributed by atoms with Gasteiger partial charge < -0.3 is 5.11 Å². The van der Waals surface area contributed by atoms with Gasteiger partial charge in [0.2, 0.25) is 0 Å². The van der Waals surface area contributed by atoms with Crippen LogP contribution in [-0.4, -0.2) is 5.11 Å². The van der Waals surface area contributed by atoms with Crippen molar-refractivity contribution in [2.45, 2.75) is 6.92 Å². The van der Waals surface area contributed by atoms with Crippen molar-refractivity contribution in [3.63, 3.8) is 0 Å². The summed E-state index contributed by atoms with van der Waals surface area (Å²) in [5.41, 5.74) is 1.24. The highest BCUT2D eigenvalue weighted by Gasteiger charge is 2.07. The number of fused-ring (bicyclic) bond motifs is 1. The maximum absolute atomic E-state index is 9.45. The zero-order chi connectivity index (χ0) is 8.72. The Balaban J connectivity index is 2.87. The van der Waals surface area contributed by atoms with Gasteiger partial charge in [-0.1, -0.05) is 23.5 Å². The molecule has 1 heterocycles. The molecule has 2 aromatic rings. The average molecular weight is 290 g/mol. The fraction of sp³-hybridized carbons (Fsp3) is 0.111. The SMILES string of the molecule is Cc1ccc2c(I)c(O)sc2c1. The van der Waals surface area contributed by atoms with E-state index in [-0.39, 0.29) is 0 Å². The molecule has 0 bridgehead atoms. The van der Waals surface area contributed by atoms with Gasteiger partial charge in [0.05, 0.1) is 3.57 Å². The van der Waals surface area contributed by atoms with Crippen LogP contribution in [0.4, 0.5) is 0 Å². The molecule has 0 aliphatic rings. The summed E-state index contributed by atoms with van der Waals surface area (Å²) in [6, 6.07) is 6.22. The molecule has 0 fully saturated rings. The molecule has 0 spiro atoms. The molecule has 0 unspecified atom stereocenters. The first-order valence-electron chi connectivity index (χ1n) is 3.56. The normalized spacial score (nSPS) is 10.8. The first-order chi connectivity index (χ1) is 5.68. The number of benzene rings is 1. The minimum atomic E-state index is 0.427. The van der Waals surface area contributed by atoms with Crippen LogP contribution in [0.3, 0.4) is 0 Å². The smallest absolute Gasteiger partial charge is 0.186 e. The third kappa shape index (κ3) is 1.21. The van der Waals surface area contributed by atoms with Crippen molar-refractivity contribution < 1.29 is 5.11 Å². The van der Waals surface area contributed by atoms with Gasteiger partial charge in [0.1, 0.15) is 0 Å². The van der Waals surface area contributed by atoms with Crippen LogP contribution in [0.15, 0.2) is 18.2 Å². The lowest BCUT2D eigenvalue weighted by Crippen LogP contribution is -1.70. The topological polar surface area (TPSA) is 20.2 Å². The molecule has 62 valence electrons. The Morgan fingerprint density at radius 1 is 1.42 bits per heavy atom. The zero-order valence-electron chi connectivity index (χ0n) is 6.47. The minimum absolute atomic E-state index is 0.427. The first-order valence-corrected chi connectivity index (χ1v) is 5.45. The molecule has 0 aliphatic heterocycles. The molecule has 1 N–H and O–H groups in total. The van der Waals surface area contributed by atoms with Crippen molar-refractivity contribution in [1.82, 2.24) is 0 Å². The maximum Gasteiger partial charge on any atom is 0.186 e. The summed E-state index contributed by atoms with van der Waals surface area (Å²) in [6.45, 7) is 2.06. The number of aryl methyl sites for hydroxylation is 1. The van der Waals surface area contributed by atoms with E-state index in [4.69, 9.17) is 0 Å². The van der Waals surface area contributed by atoms with E-state index >= 15 is 0 Å². The van der Waals surface area contributed by atoms with Crippen LogP contribution < -0.4 is 0 Å². The van der Waals surface area contributed by atoms with Gasteiger partial charge in [-0.3, -0.25) is 0 Å². The quantitative estimate of drug-likeness (QED) is 0.736. The lowest BCUT2D eigenvalue weighted by atomic mass is 10.2. The molecule has 2 rings (SSSR count). The molecule has 3 heteroatoms. The molecule has 1 aromatic carbocycles. The predicted octanol–water partition coefficient (Wildman–Crippen LogP) is 3.52. The van der Waals surface area contributed by atoms with Crippen LogP contribution >= 0.6 is 33.9 Å². The average Bonchev–Trinajstić information content (AvgIpc) is 2.28. The van der Waals surface area contributed by atoms with Crippen molar-refractivity contribution in [2.75, 3.05) is 0 Å². The van der Waals surface area contributed by atoms with Crippen LogP contribution in [-0.2, 0) is 0 Å². The van der Waals surface area contributed by atoms with Gasteiger partial charge in [0.25, 0.3) is 0 Å². The molecular formula is C9H7IOS. The Morgan fingerprint density at radius 2 is 2.17 bits per heavy atom. The molecule has 1 nitrogen and oxygen atoms in total. The highest BCUT2D eigenvalue weighted by atomic mass is 127. The van der Waals surface area contributed by atoms with Gasteiger partial charge in [-0.05, 0) is 41.1 Å². The number of hydrogen-bond donors (Lipinski definition) is 1. The standard InChI is InChI=1S/C9H7IOS/c1-5-2-3-6-7(4-5)12-9(11)8(6)10/h2-4,11H,1H3. The van der Waals surface area contributed by atoms with Crippen molar-refractivity contribution in [3.8, 4) is 5.06 Å². The molecule has 0 saturated heterocycles. The van der Waals surface area contributed by atoms with Crippen LogP contribution in [0.5, 0.6) is 5.06 Å². The third-order valence-corrected chi connectivity index (χ3v) is 4.18. The number of halogens is 1. The Bertz CT molecular complexity index is 433. The second-order valence-electron chi connectivity index (χ2n) is 2.72. The van der Waals surface area contributed by atoms with Crippen molar-refractivity contribution in [2.24, 2.45) is 0 Å². The summed E-state index contributed by atoms with van der Waals surface area (Å²) in [7, 11) is 0. The van der Waals surface area contributed by atoms with Crippen molar-refractivity contribution in [3.05, 3.63) is 27.3 Å². The van der Waals surface area contributed by atoms with Gasteiger partial charge in [0, 0.05) is 10.1 Å². The fourth-order valence-electron chi connectivity index (χ4n) is 1.16. The van der Waals surface area contributed by atoms with Crippen LogP contribution in [0, 0.1) is 10.5 Å². The summed E-state index contributed by atoms with van der Waals surface area (Å²) in [4.78, 5) is 0. The summed E-state index contributed by atoms with van der Waals surface area (Å²) < 4.78 is 2.13. The van der Waals surface area contributed by atoms with Crippen molar-refractivity contribution >= 4 is 44.0 Å². The largest absolute Gasteiger partial charge is 0.499 e. The predicted molar refractivity (Wildman–Crippen MR) is 60.9 cm³/mol. The maximum atomic E-state index is 9.45. The summed E-state index contributed by atoms with van der Waals surface area (Å²) in [5, 5.41) is 11.0. The van der Waals surface area contributed by atoms with Crippen LogP contribution in [0.2, 0.25) is 0 Å². The zero-order valence-corrected chi connectivity index (χ0v) is 9.44. The highest BCUT2D eigenvalue weighted by Crippen LogP contribution is 2.37. The molecule has 0 saturated carbocycles. The summed E-state index contributed by atoms with van der Waals surface area (Å²) in [6.07, 6.45) is 0. The molecule has 0 radical (unpaired) electrons. The number of rotatable bonds is 0. The van der Waals surface area contributed by atoms with Crippen LogP contribution in [0.1, 0.15) is 5.56 Å². The lowest BCUT2D eigenvalue weighted by Gasteiger charge is -1.91. The van der Waals surface area contributed by atoms with Gasteiger partial charge in [-0.2, -0.15) is 0 Å². The highest BCUT2D eigenvalue weighted by molar-refractivity contribution is 14.1. The van der Waals surface area contributed by atoms with E-state index < -0.39 is 0 Å². The van der Waals surface area contributed by atoms with Crippen LogP contribution in [0.25, 0.3) is 10.1 Å². The Labute approximate surface area is 88.2 Å². The molecule has 12 heavy (non-hydrogen) atoms. The van der Waals surface area contributed by atoms with Gasteiger partial charge in [-0.15, -0.1) is 0 Å². The van der Waals surface area contributed by atoms with E-state index in [0.717, 1.165) is 13.7 Å². The second-order valence-corrected chi connectivity index (χ2v) is 4.83. The molecule has 0 atom stereocenters. The van der Waals surface area contributed by atoms with E-state index in [1.807, 2.05) is 0 Å². The number of hydrogen-bond acceptors (Lipinski definition) is 2. The van der Waals surface area contributed by atoms with E-state index in [2.05, 4.69) is 47.7 Å². The van der Waals surface area contributed by atoms with Crippen molar-refractivity contribution in [1.29, 1.82) is 0 Å². The Kier molecular flexibility index (Phi) is 2.00. The van der Waals surface area contributed by atoms with E-state index in [9.17, 15) is 5.11 Å². The Morgan fingerprint density at radius 3 is 2.92 bits per heavy atom. The molecule has 0 aliphatic carbocycles. The molecular weight excluding hydrogens is 283 g/mol. The number of aromatic hydroxyl groups is 1. The molecule has 0 amide bonds. The fourth-order valence-corrected chi connectivity index (χ4v) is 3.08. The monoisotopic (exact) mass is 290 g/mol. The third-order valence-electron chi connectivity index (χ3n) is 1.77.